The van der Waals surface area contributed by atoms with Crippen molar-refractivity contribution in [3.8, 4) is 5.95 Å². The van der Waals surface area contributed by atoms with Gasteiger partial charge in [0.25, 0.3) is 0 Å². The minimum absolute atomic E-state index is 0.353. The van der Waals surface area contributed by atoms with Gasteiger partial charge in [-0.15, -0.1) is 0 Å². The van der Waals surface area contributed by atoms with Crippen LogP contribution in [0.15, 0.2) is 39.5 Å². The highest BCUT2D eigenvalue weighted by Crippen LogP contribution is 2.19. The standard InChI is InChI=1S/C12H10N2O3/c15-11-10(14-12(16)17-11)6-8-5-7-3-1-2-4-9(7)13-8/h1-5,13,15H,6H2,(H,14,16). The molecule has 5 heteroatoms. The first-order valence-corrected chi connectivity index (χ1v) is 5.20. The van der Waals surface area contributed by atoms with Crippen molar-refractivity contribution in [2.45, 2.75) is 6.42 Å². The van der Waals surface area contributed by atoms with Gasteiger partial charge in [-0.2, -0.15) is 0 Å². The fraction of sp³-hybridized carbons (Fsp3) is 0.0833. The van der Waals surface area contributed by atoms with Crippen LogP contribution in [-0.2, 0) is 6.42 Å². The smallest absolute Gasteiger partial charge is 0.419 e. The Labute approximate surface area is 95.7 Å². The second kappa shape index (κ2) is 3.55. The van der Waals surface area contributed by atoms with Crippen LogP contribution in [0.3, 0.4) is 0 Å². The SMILES string of the molecule is O=c1[nH]c(Cc2cc3ccccc3[nH]2)c(O)o1. The molecule has 3 N–H and O–H groups in total. The highest BCUT2D eigenvalue weighted by molar-refractivity contribution is 5.80. The van der Waals surface area contributed by atoms with Crippen molar-refractivity contribution in [2.75, 3.05) is 0 Å². The van der Waals surface area contributed by atoms with E-state index >= 15 is 0 Å². The van der Waals surface area contributed by atoms with E-state index in [1.165, 1.54) is 0 Å². The van der Waals surface area contributed by atoms with E-state index in [0.29, 0.717) is 12.1 Å². The van der Waals surface area contributed by atoms with Crippen LogP contribution < -0.4 is 5.76 Å². The van der Waals surface area contributed by atoms with Crippen LogP contribution in [0.25, 0.3) is 10.9 Å². The maximum Gasteiger partial charge on any atom is 0.419 e. The molecule has 0 aliphatic carbocycles. The Hall–Kier alpha value is -2.43. The van der Waals surface area contributed by atoms with Crippen molar-refractivity contribution in [2.24, 2.45) is 0 Å². The number of H-pyrrole nitrogens is 2. The van der Waals surface area contributed by atoms with Crippen LogP contribution >= 0.6 is 0 Å². The zero-order chi connectivity index (χ0) is 11.8. The van der Waals surface area contributed by atoms with Gasteiger partial charge < -0.3 is 14.5 Å². The average Bonchev–Trinajstić information content (AvgIpc) is 2.82. The molecule has 0 spiro atoms. The van der Waals surface area contributed by atoms with Crippen LogP contribution in [0.5, 0.6) is 5.95 Å². The predicted octanol–water partition coefficient (Wildman–Crippen LogP) is 1.75. The Kier molecular flexibility index (Phi) is 2.04. The van der Waals surface area contributed by atoms with Gasteiger partial charge in [-0.25, -0.2) is 4.79 Å². The normalized spacial score (nSPS) is 11.1. The largest absolute Gasteiger partial charge is 0.479 e. The van der Waals surface area contributed by atoms with Gasteiger partial charge in [0.05, 0.1) is 0 Å². The number of hydrogen-bond donors (Lipinski definition) is 3. The van der Waals surface area contributed by atoms with Crippen molar-refractivity contribution in [1.82, 2.24) is 9.97 Å². The number of hydrogen-bond acceptors (Lipinski definition) is 3. The average molecular weight is 230 g/mol. The molecule has 0 fully saturated rings. The number of benzene rings is 1. The van der Waals surface area contributed by atoms with Gasteiger partial charge in [0.15, 0.2) is 0 Å². The number of oxazole rings is 1. The van der Waals surface area contributed by atoms with E-state index in [1.807, 2.05) is 30.3 Å². The molecule has 3 rings (SSSR count). The summed E-state index contributed by atoms with van der Waals surface area (Å²) in [5, 5.41) is 10.4. The zero-order valence-corrected chi connectivity index (χ0v) is 8.86. The maximum absolute atomic E-state index is 10.9. The molecule has 0 bridgehead atoms. The van der Waals surface area contributed by atoms with Crippen molar-refractivity contribution in [3.05, 3.63) is 52.3 Å². The number of aromatic nitrogens is 2. The van der Waals surface area contributed by atoms with Crippen molar-refractivity contribution in [3.63, 3.8) is 0 Å². The number of aromatic hydroxyl groups is 1. The van der Waals surface area contributed by atoms with Crippen molar-refractivity contribution < 1.29 is 9.52 Å². The van der Waals surface area contributed by atoms with Crippen LogP contribution in [0.4, 0.5) is 0 Å². The highest BCUT2D eigenvalue weighted by Gasteiger charge is 2.10. The van der Waals surface area contributed by atoms with E-state index in [9.17, 15) is 9.90 Å². The van der Waals surface area contributed by atoms with Crippen LogP contribution in [0.2, 0.25) is 0 Å². The summed E-state index contributed by atoms with van der Waals surface area (Å²) in [6, 6.07) is 9.83. The molecule has 86 valence electrons. The van der Waals surface area contributed by atoms with Gasteiger partial charge in [-0.05, 0) is 17.5 Å². The Morgan fingerprint density at radius 1 is 1.24 bits per heavy atom. The number of aromatic amines is 2. The molecule has 0 unspecified atom stereocenters. The van der Waals surface area contributed by atoms with E-state index in [1.54, 1.807) is 0 Å². The zero-order valence-electron chi connectivity index (χ0n) is 8.86. The van der Waals surface area contributed by atoms with Gasteiger partial charge in [-0.3, -0.25) is 4.98 Å². The summed E-state index contributed by atoms with van der Waals surface area (Å²) in [5.74, 6) is -0.998. The number of fused-ring (bicyclic) bond motifs is 1. The molecular formula is C12H10N2O3. The third kappa shape index (κ3) is 1.71. The summed E-state index contributed by atoms with van der Waals surface area (Å²) >= 11 is 0. The molecule has 0 saturated heterocycles. The Bertz CT molecular complexity index is 688. The molecule has 2 heterocycles. The number of nitrogens with one attached hydrogen (secondary N) is 2. The third-order valence-electron chi connectivity index (χ3n) is 2.65. The summed E-state index contributed by atoms with van der Waals surface area (Å²) in [6.07, 6.45) is 0.395. The Balaban J connectivity index is 2.00. The summed E-state index contributed by atoms with van der Waals surface area (Å²) < 4.78 is 4.49. The molecule has 3 aromatic rings. The number of para-hydroxylation sites is 1. The topological polar surface area (TPSA) is 82.0 Å². The molecule has 0 saturated carbocycles. The predicted molar refractivity (Wildman–Crippen MR) is 62.1 cm³/mol. The van der Waals surface area contributed by atoms with Gasteiger partial charge >= 0.3 is 11.7 Å². The van der Waals surface area contributed by atoms with Gasteiger partial charge in [0.2, 0.25) is 0 Å². The molecule has 0 radical (unpaired) electrons. The second-order valence-electron chi connectivity index (χ2n) is 3.86. The Morgan fingerprint density at radius 3 is 2.76 bits per heavy atom. The van der Waals surface area contributed by atoms with Crippen molar-refractivity contribution in [1.29, 1.82) is 0 Å². The molecule has 2 aromatic heterocycles. The fourth-order valence-corrected chi connectivity index (χ4v) is 1.89. The molecule has 0 amide bonds. The van der Waals surface area contributed by atoms with Crippen molar-refractivity contribution >= 4 is 10.9 Å². The summed E-state index contributed by atoms with van der Waals surface area (Å²) in [7, 11) is 0. The summed E-state index contributed by atoms with van der Waals surface area (Å²) in [5.41, 5.74) is 2.30. The molecule has 0 atom stereocenters. The molecule has 5 nitrogen and oxygen atoms in total. The monoisotopic (exact) mass is 230 g/mol. The maximum atomic E-state index is 10.9. The number of rotatable bonds is 2. The molecule has 0 aliphatic heterocycles. The quantitative estimate of drug-likeness (QED) is 0.627. The van der Waals surface area contributed by atoms with Gasteiger partial charge in [0.1, 0.15) is 5.69 Å². The highest BCUT2D eigenvalue weighted by atomic mass is 16.5. The first kappa shape index (κ1) is 9.77. The van der Waals surface area contributed by atoms with Crippen LogP contribution in [0.1, 0.15) is 11.4 Å². The lowest BCUT2D eigenvalue weighted by Gasteiger charge is -1.93. The minimum atomic E-state index is -0.645. The van der Waals surface area contributed by atoms with Gasteiger partial charge in [-0.1, -0.05) is 18.2 Å². The summed E-state index contributed by atoms with van der Waals surface area (Å²) in [6.45, 7) is 0. The molecular weight excluding hydrogens is 220 g/mol. The molecule has 17 heavy (non-hydrogen) atoms. The van der Waals surface area contributed by atoms with Crippen LogP contribution in [-0.4, -0.2) is 15.1 Å². The third-order valence-corrected chi connectivity index (χ3v) is 2.65. The lowest BCUT2D eigenvalue weighted by atomic mass is 10.2. The van der Waals surface area contributed by atoms with E-state index < -0.39 is 5.76 Å². The molecule has 1 aromatic carbocycles. The fourth-order valence-electron chi connectivity index (χ4n) is 1.89. The first-order valence-electron chi connectivity index (χ1n) is 5.20. The first-order chi connectivity index (χ1) is 8.22. The Morgan fingerprint density at radius 2 is 2.06 bits per heavy atom. The lowest BCUT2D eigenvalue weighted by Crippen LogP contribution is -1.97. The van der Waals surface area contributed by atoms with E-state index in [-0.39, 0.29) is 5.95 Å². The van der Waals surface area contributed by atoms with E-state index in [4.69, 9.17) is 0 Å². The van der Waals surface area contributed by atoms with Gasteiger partial charge in [0, 0.05) is 17.6 Å². The summed E-state index contributed by atoms with van der Waals surface area (Å²) in [4.78, 5) is 16.5. The van der Waals surface area contributed by atoms with Crippen LogP contribution in [0, 0.1) is 0 Å². The second-order valence-corrected chi connectivity index (χ2v) is 3.86. The molecule has 0 aliphatic rings. The van der Waals surface area contributed by atoms with E-state index in [2.05, 4.69) is 14.4 Å². The lowest BCUT2D eigenvalue weighted by molar-refractivity contribution is 0.316. The van der Waals surface area contributed by atoms with E-state index in [0.717, 1.165) is 16.6 Å². The minimum Gasteiger partial charge on any atom is -0.479 e.